The van der Waals surface area contributed by atoms with Crippen molar-refractivity contribution in [2.45, 2.75) is 0 Å². The molecule has 2 N–H and O–H groups in total. The molecule has 0 aliphatic carbocycles. The van der Waals surface area contributed by atoms with Crippen LogP contribution in [0.4, 0.5) is 5.95 Å². The number of methoxy groups -OCH3 is 1. The molecule has 0 aliphatic rings. The third-order valence-corrected chi connectivity index (χ3v) is 2.87. The molecule has 5 nitrogen and oxygen atoms in total. The third kappa shape index (κ3) is 2.61. The van der Waals surface area contributed by atoms with Crippen molar-refractivity contribution in [2.24, 2.45) is 5.10 Å². The number of ether oxygens (including phenoxy) is 1. The summed E-state index contributed by atoms with van der Waals surface area (Å²) in [5.74, 6) is 1.42. The number of imidazole rings is 1. The van der Waals surface area contributed by atoms with Gasteiger partial charge < -0.3 is 9.72 Å². The maximum absolute atomic E-state index is 5.16. The fraction of sp³-hybridized carbons (Fsp3) is 0.0667. The largest absolute Gasteiger partial charge is 0.497 e. The van der Waals surface area contributed by atoms with Gasteiger partial charge in [-0.2, -0.15) is 5.10 Å². The SMILES string of the molecule is COc1cccc(C=NNc2nc3ccccc3[nH]2)c1. The number of nitrogens with zero attached hydrogens (tertiary/aromatic N) is 2. The van der Waals surface area contributed by atoms with Gasteiger partial charge in [0, 0.05) is 0 Å². The van der Waals surface area contributed by atoms with Crippen molar-refractivity contribution < 1.29 is 4.74 Å². The minimum absolute atomic E-state index is 0.616. The Morgan fingerprint density at radius 2 is 2.10 bits per heavy atom. The quantitative estimate of drug-likeness (QED) is 0.563. The van der Waals surface area contributed by atoms with Crippen LogP contribution in [0.5, 0.6) is 5.75 Å². The Morgan fingerprint density at radius 3 is 2.95 bits per heavy atom. The van der Waals surface area contributed by atoms with Crippen molar-refractivity contribution in [1.82, 2.24) is 9.97 Å². The highest BCUT2D eigenvalue weighted by Crippen LogP contribution is 2.13. The Balaban J connectivity index is 1.73. The van der Waals surface area contributed by atoms with Gasteiger partial charge in [-0.3, -0.25) is 0 Å². The number of hydrogen-bond acceptors (Lipinski definition) is 4. The molecule has 0 unspecified atom stereocenters. The highest BCUT2D eigenvalue weighted by molar-refractivity contribution is 5.81. The zero-order chi connectivity index (χ0) is 13.8. The number of benzene rings is 2. The first-order chi connectivity index (χ1) is 9.85. The molecule has 0 fully saturated rings. The minimum Gasteiger partial charge on any atom is -0.497 e. The van der Waals surface area contributed by atoms with E-state index in [1.165, 1.54) is 0 Å². The van der Waals surface area contributed by atoms with Gasteiger partial charge in [0.2, 0.25) is 5.95 Å². The number of para-hydroxylation sites is 2. The van der Waals surface area contributed by atoms with Crippen LogP contribution in [-0.4, -0.2) is 23.3 Å². The molecule has 5 heteroatoms. The van der Waals surface area contributed by atoms with E-state index in [9.17, 15) is 0 Å². The van der Waals surface area contributed by atoms with Gasteiger partial charge >= 0.3 is 0 Å². The molecule has 100 valence electrons. The number of anilines is 1. The Bertz CT molecular complexity index is 715. The van der Waals surface area contributed by atoms with Crippen LogP contribution in [-0.2, 0) is 0 Å². The van der Waals surface area contributed by atoms with Crippen molar-refractivity contribution in [1.29, 1.82) is 0 Å². The van der Waals surface area contributed by atoms with Crippen molar-refractivity contribution in [2.75, 3.05) is 12.5 Å². The molecule has 0 saturated carbocycles. The van der Waals surface area contributed by atoms with Gasteiger partial charge in [-0.15, -0.1) is 0 Å². The van der Waals surface area contributed by atoms with E-state index in [4.69, 9.17) is 4.74 Å². The summed E-state index contributed by atoms with van der Waals surface area (Å²) in [6.07, 6.45) is 1.72. The topological polar surface area (TPSA) is 62.3 Å². The van der Waals surface area contributed by atoms with Crippen molar-refractivity contribution in [3.8, 4) is 5.75 Å². The summed E-state index contributed by atoms with van der Waals surface area (Å²) in [7, 11) is 1.64. The summed E-state index contributed by atoms with van der Waals surface area (Å²) >= 11 is 0. The Kier molecular flexibility index (Phi) is 3.33. The van der Waals surface area contributed by atoms with E-state index in [1.807, 2.05) is 48.5 Å². The molecule has 0 bridgehead atoms. The molecule has 0 spiro atoms. The van der Waals surface area contributed by atoms with Gasteiger partial charge in [-0.1, -0.05) is 24.3 Å². The first kappa shape index (κ1) is 12.2. The second kappa shape index (κ2) is 5.44. The number of aromatic amines is 1. The number of rotatable bonds is 4. The number of nitrogens with one attached hydrogen (secondary N) is 2. The van der Waals surface area contributed by atoms with Crippen LogP contribution >= 0.6 is 0 Å². The molecule has 1 heterocycles. The molecule has 0 saturated heterocycles. The number of aromatic nitrogens is 2. The van der Waals surface area contributed by atoms with E-state index in [0.717, 1.165) is 22.3 Å². The Labute approximate surface area is 116 Å². The molecule has 0 aliphatic heterocycles. The first-order valence-corrected chi connectivity index (χ1v) is 6.23. The van der Waals surface area contributed by atoms with Crippen molar-refractivity contribution >= 4 is 23.2 Å². The lowest BCUT2D eigenvalue weighted by atomic mass is 10.2. The predicted octanol–water partition coefficient (Wildman–Crippen LogP) is 3.02. The minimum atomic E-state index is 0.616. The maximum Gasteiger partial charge on any atom is 0.222 e. The summed E-state index contributed by atoms with van der Waals surface area (Å²) in [6.45, 7) is 0. The maximum atomic E-state index is 5.16. The number of hydrazone groups is 1. The van der Waals surface area contributed by atoms with E-state index in [0.29, 0.717) is 5.95 Å². The second-order valence-corrected chi connectivity index (χ2v) is 4.25. The lowest BCUT2D eigenvalue weighted by Gasteiger charge is -1.99. The molecule has 2 aromatic carbocycles. The van der Waals surface area contributed by atoms with Gasteiger partial charge in [0.25, 0.3) is 0 Å². The van der Waals surface area contributed by atoms with E-state index in [2.05, 4.69) is 20.5 Å². The standard InChI is InChI=1S/C15H14N4O/c1-20-12-6-4-5-11(9-12)10-16-19-15-17-13-7-2-3-8-14(13)18-15/h2-10H,1H3,(H2,17,18,19). The fourth-order valence-corrected chi connectivity index (χ4v) is 1.90. The molecule has 3 rings (SSSR count). The summed E-state index contributed by atoms with van der Waals surface area (Å²) in [4.78, 5) is 7.52. The lowest BCUT2D eigenvalue weighted by Crippen LogP contribution is -1.92. The molecular formula is C15H14N4O. The average molecular weight is 266 g/mol. The Morgan fingerprint density at radius 1 is 1.20 bits per heavy atom. The monoisotopic (exact) mass is 266 g/mol. The summed E-state index contributed by atoms with van der Waals surface area (Å²) in [5, 5.41) is 4.16. The zero-order valence-electron chi connectivity index (χ0n) is 11.0. The average Bonchev–Trinajstić information content (AvgIpc) is 2.90. The molecule has 0 amide bonds. The first-order valence-electron chi connectivity index (χ1n) is 6.23. The van der Waals surface area contributed by atoms with Gasteiger partial charge in [-0.05, 0) is 29.8 Å². The van der Waals surface area contributed by atoms with Crippen LogP contribution in [0.1, 0.15) is 5.56 Å². The molecule has 0 radical (unpaired) electrons. The van der Waals surface area contributed by atoms with E-state index in [-0.39, 0.29) is 0 Å². The van der Waals surface area contributed by atoms with Crippen LogP contribution in [0.3, 0.4) is 0 Å². The molecule has 0 atom stereocenters. The summed E-state index contributed by atoms with van der Waals surface area (Å²) < 4.78 is 5.16. The second-order valence-electron chi connectivity index (χ2n) is 4.25. The summed E-state index contributed by atoms with van der Waals surface area (Å²) in [5.41, 5.74) is 5.72. The van der Waals surface area contributed by atoms with E-state index >= 15 is 0 Å². The van der Waals surface area contributed by atoms with Crippen LogP contribution < -0.4 is 10.2 Å². The molecular weight excluding hydrogens is 252 g/mol. The van der Waals surface area contributed by atoms with Crippen molar-refractivity contribution in [3.05, 3.63) is 54.1 Å². The van der Waals surface area contributed by atoms with Gasteiger partial charge in [0.05, 0.1) is 24.4 Å². The Hall–Kier alpha value is -2.82. The number of hydrogen-bond donors (Lipinski definition) is 2. The van der Waals surface area contributed by atoms with E-state index in [1.54, 1.807) is 13.3 Å². The zero-order valence-corrected chi connectivity index (χ0v) is 11.0. The highest BCUT2D eigenvalue weighted by Gasteiger charge is 1.99. The normalized spacial score (nSPS) is 11.1. The van der Waals surface area contributed by atoms with E-state index < -0.39 is 0 Å². The fourth-order valence-electron chi connectivity index (χ4n) is 1.90. The van der Waals surface area contributed by atoms with Crippen LogP contribution in [0, 0.1) is 0 Å². The summed E-state index contributed by atoms with van der Waals surface area (Å²) in [6, 6.07) is 15.5. The van der Waals surface area contributed by atoms with Crippen LogP contribution in [0.15, 0.2) is 53.6 Å². The van der Waals surface area contributed by atoms with Crippen molar-refractivity contribution in [3.63, 3.8) is 0 Å². The third-order valence-electron chi connectivity index (χ3n) is 2.87. The predicted molar refractivity (Wildman–Crippen MR) is 80.3 cm³/mol. The molecule has 20 heavy (non-hydrogen) atoms. The van der Waals surface area contributed by atoms with Gasteiger partial charge in [0.15, 0.2) is 0 Å². The highest BCUT2D eigenvalue weighted by atomic mass is 16.5. The van der Waals surface area contributed by atoms with Gasteiger partial charge in [-0.25, -0.2) is 10.4 Å². The smallest absolute Gasteiger partial charge is 0.222 e. The van der Waals surface area contributed by atoms with Crippen LogP contribution in [0.2, 0.25) is 0 Å². The number of fused-ring (bicyclic) bond motifs is 1. The molecule has 1 aromatic heterocycles. The molecule has 3 aromatic rings. The lowest BCUT2D eigenvalue weighted by molar-refractivity contribution is 0.415. The van der Waals surface area contributed by atoms with Gasteiger partial charge in [0.1, 0.15) is 5.75 Å². The number of H-pyrrole nitrogens is 1. The van der Waals surface area contributed by atoms with Crippen LogP contribution in [0.25, 0.3) is 11.0 Å².